The molecule has 0 spiro atoms. The van der Waals surface area contributed by atoms with Crippen LogP contribution in [0.3, 0.4) is 0 Å². The second-order valence-corrected chi connectivity index (χ2v) is 7.34. The number of nitrogens with one attached hydrogen (secondary N) is 2. The summed E-state index contributed by atoms with van der Waals surface area (Å²) in [6, 6.07) is 15.0. The van der Waals surface area contributed by atoms with E-state index in [0.717, 1.165) is 16.7 Å². The summed E-state index contributed by atoms with van der Waals surface area (Å²) in [5.74, 6) is -0.267. The Hall–Kier alpha value is -4.46. The number of pyridine rings is 2. The molecule has 6 rings (SSSR count). The first-order valence-electron chi connectivity index (χ1n) is 9.86. The highest BCUT2D eigenvalue weighted by Gasteiger charge is 2.18. The van der Waals surface area contributed by atoms with E-state index in [1.54, 1.807) is 36.8 Å². The third kappa shape index (κ3) is 2.92. The van der Waals surface area contributed by atoms with Gasteiger partial charge in [0.25, 0.3) is 0 Å². The van der Waals surface area contributed by atoms with Crippen molar-refractivity contribution in [3.63, 3.8) is 0 Å². The van der Waals surface area contributed by atoms with Gasteiger partial charge in [0.15, 0.2) is 17.3 Å². The minimum atomic E-state index is -0.440. The molecule has 6 nitrogen and oxygen atoms in total. The largest absolute Gasteiger partial charge is 0.335 e. The van der Waals surface area contributed by atoms with Crippen molar-refractivity contribution in [2.75, 3.05) is 0 Å². The highest BCUT2D eigenvalue weighted by molar-refractivity contribution is 5.97. The molecule has 0 saturated carbocycles. The molecule has 154 valence electrons. The van der Waals surface area contributed by atoms with Gasteiger partial charge < -0.3 is 4.98 Å². The number of rotatable bonds is 3. The lowest BCUT2D eigenvalue weighted by molar-refractivity contribution is 0.628. The molecule has 2 aromatic carbocycles. The van der Waals surface area contributed by atoms with Gasteiger partial charge in [-0.2, -0.15) is 5.10 Å². The monoisotopic (exact) mass is 424 g/mol. The fourth-order valence-corrected chi connectivity index (χ4v) is 3.86. The van der Waals surface area contributed by atoms with Crippen LogP contribution in [-0.4, -0.2) is 30.1 Å². The first-order chi connectivity index (χ1) is 15.7. The summed E-state index contributed by atoms with van der Waals surface area (Å²) < 4.78 is 28.2. The maximum Gasteiger partial charge on any atom is 0.178 e. The predicted octanol–water partition coefficient (Wildman–Crippen LogP) is 5.51. The second-order valence-electron chi connectivity index (χ2n) is 7.34. The van der Waals surface area contributed by atoms with E-state index in [-0.39, 0.29) is 11.3 Å². The topological polar surface area (TPSA) is 83.1 Å². The molecule has 0 amide bonds. The smallest absolute Gasteiger partial charge is 0.178 e. The van der Waals surface area contributed by atoms with Crippen LogP contribution < -0.4 is 0 Å². The van der Waals surface area contributed by atoms with Crippen molar-refractivity contribution in [1.29, 1.82) is 0 Å². The molecule has 6 aromatic rings. The molecule has 0 unspecified atom stereocenters. The average Bonchev–Trinajstić information content (AvgIpc) is 3.44. The first kappa shape index (κ1) is 18.3. The minimum absolute atomic E-state index is 0.222. The SMILES string of the molecule is Fc1ccc(-c2ccnc3nc(-c4[nH]nc5c(F)cc(-c6cccnc6)cc45)[nH]c23)cc1. The van der Waals surface area contributed by atoms with Crippen molar-refractivity contribution in [1.82, 2.24) is 30.1 Å². The maximum atomic E-state index is 14.8. The van der Waals surface area contributed by atoms with Gasteiger partial charge in [-0.25, -0.2) is 18.7 Å². The summed E-state index contributed by atoms with van der Waals surface area (Å²) in [6.07, 6.45) is 5.00. The zero-order valence-corrected chi connectivity index (χ0v) is 16.5. The van der Waals surface area contributed by atoms with E-state index in [0.29, 0.717) is 33.6 Å². The lowest BCUT2D eigenvalue weighted by atomic mass is 10.0. The second kappa shape index (κ2) is 7.05. The third-order valence-electron chi connectivity index (χ3n) is 5.39. The Morgan fingerprint density at radius 2 is 1.72 bits per heavy atom. The van der Waals surface area contributed by atoms with Gasteiger partial charge in [0, 0.05) is 35.1 Å². The van der Waals surface area contributed by atoms with Crippen molar-refractivity contribution in [3.05, 3.63) is 84.8 Å². The number of halogens is 2. The number of benzene rings is 2. The molecule has 0 aliphatic carbocycles. The number of hydrogen-bond acceptors (Lipinski definition) is 4. The Balaban J connectivity index is 1.53. The first-order valence-corrected chi connectivity index (χ1v) is 9.86. The third-order valence-corrected chi connectivity index (χ3v) is 5.39. The van der Waals surface area contributed by atoms with Crippen molar-refractivity contribution >= 4 is 22.1 Å². The fourth-order valence-electron chi connectivity index (χ4n) is 3.86. The Labute approximate surface area is 180 Å². The molecule has 32 heavy (non-hydrogen) atoms. The summed E-state index contributed by atoms with van der Waals surface area (Å²) in [5.41, 5.74) is 5.10. The molecule has 8 heteroatoms. The van der Waals surface area contributed by atoms with Gasteiger partial charge >= 0.3 is 0 Å². The molecule has 0 bridgehead atoms. The summed E-state index contributed by atoms with van der Waals surface area (Å²) >= 11 is 0. The molecule has 4 aromatic heterocycles. The number of nitrogens with zero attached hydrogens (tertiary/aromatic N) is 4. The number of H-pyrrole nitrogens is 2. The van der Waals surface area contributed by atoms with Gasteiger partial charge in [0.2, 0.25) is 0 Å². The van der Waals surface area contributed by atoms with Crippen LogP contribution in [0.15, 0.2) is 73.2 Å². The number of aromatic amines is 2. The van der Waals surface area contributed by atoms with Gasteiger partial charge in [-0.15, -0.1) is 0 Å². The van der Waals surface area contributed by atoms with Crippen molar-refractivity contribution in [3.8, 4) is 33.8 Å². The van der Waals surface area contributed by atoms with E-state index in [1.165, 1.54) is 18.2 Å². The van der Waals surface area contributed by atoms with Crippen LogP contribution in [0.2, 0.25) is 0 Å². The summed E-state index contributed by atoms with van der Waals surface area (Å²) in [5, 5.41) is 7.64. The van der Waals surface area contributed by atoms with E-state index >= 15 is 0 Å². The van der Waals surface area contributed by atoms with E-state index in [9.17, 15) is 8.78 Å². The van der Waals surface area contributed by atoms with Crippen LogP contribution >= 0.6 is 0 Å². The van der Waals surface area contributed by atoms with Crippen LogP contribution in [0, 0.1) is 11.6 Å². The van der Waals surface area contributed by atoms with Crippen molar-refractivity contribution < 1.29 is 8.78 Å². The Kier molecular flexibility index (Phi) is 4.04. The van der Waals surface area contributed by atoms with Crippen LogP contribution in [-0.2, 0) is 0 Å². The maximum absolute atomic E-state index is 14.8. The van der Waals surface area contributed by atoms with Crippen LogP contribution in [0.4, 0.5) is 8.78 Å². The lowest BCUT2D eigenvalue weighted by Gasteiger charge is -2.03. The van der Waals surface area contributed by atoms with Gasteiger partial charge in [-0.3, -0.25) is 10.1 Å². The molecule has 0 aliphatic rings. The summed E-state index contributed by atoms with van der Waals surface area (Å²) in [7, 11) is 0. The number of imidazole rings is 1. The molecule has 0 radical (unpaired) electrons. The van der Waals surface area contributed by atoms with Gasteiger partial charge in [0.1, 0.15) is 17.0 Å². The van der Waals surface area contributed by atoms with E-state index in [4.69, 9.17) is 0 Å². The standard InChI is InChI=1S/C24H14F2N6/c25-16-5-3-13(4-6-16)17-7-9-28-23-21(17)29-24(30-23)22-18-10-15(14-2-1-8-27-12-14)11-19(26)20(18)31-32-22/h1-12H,(H,31,32)(H,28,29,30). The normalized spacial score (nSPS) is 11.4. The molecule has 0 atom stereocenters. The number of fused-ring (bicyclic) bond motifs is 2. The summed E-state index contributed by atoms with van der Waals surface area (Å²) in [4.78, 5) is 16.3. The fraction of sp³-hybridized carbons (Fsp3) is 0. The highest BCUT2D eigenvalue weighted by Crippen LogP contribution is 2.33. The lowest BCUT2D eigenvalue weighted by Crippen LogP contribution is -1.85. The zero-order chi connectivity index (χ0) is 21.7. The zero-order valence-electron chi connectivity index (χ0n) is 16.5. The van der Waals surface area contributed by atoms with Gasteiger partial charge in [-0.05, 0) is 47.5 Å². The molecular formula is C24H14F2N6. The molecular weight excluding hydrogens is 410 g/mol. The molecule has 4 heterocycles. The van der Waals surface area contributed by atoms with Gasteiger partial charge in [0.05, 0.1) is 5.52 Å². The number of aromatic nitrogens is 6. The minimum Gasteiger partial charge on any atom is -0.335 e. The summed E-state index contributed by atoms with van der Waals surface area (Å²) in [6.45, 7) is 0. The highest BCUT2D eigenvalue weighted by atomic mass is 19.1. The predicted molar refractivity (Wildman–Crippen MR) is 118 cm³/mol. The van der Waals surface area contributed by atoms with E-state index < -0.39 is 5.82 Å². The van der Waals surface area contributed by atoms with Crippen molar-refractivity contribution in [2.24, 2.45) is 0 Å². The van der Waals surface area contributed by atoms with Crippen LogP contribution in [0.25, 0.3) is 55.8 Å². The van der Waals surface area contributed by atoms with Gasteiger partial charge in [-0.1, -0.05) is 18.2 Å². The Morgan fingerprint density at radius 3 is 2.53 bits per heavy atom. The molecule has 0 aliphatic heterocycles. The Morgan fingerprint density at radius 1 is 0.844 bits per heavy atom. The molecule has 2 N–H and O–H groups in total. The van der Waals surface area contributed by atoms with Crippen LogP contribution in [0.5, 0.6) is 0 Å². The molecule has 0 fully saturated rings. The quantitative estimate of drug-likeness (QED) is 0.393. The van der Waals surface area contributed by atoms with E-state index in [1.807, 2.05) is 18.2 Å². The average molecular weight is 424 g/mol. The van der Waals surface area contributed by atoms with E-state index in [2.05, 4.69) is 30.1 Å². The Bertz CT molecular complexity index is 1590. The molecule has 0 saturated heterocycles. The van der Waals surface area contributed by atoms with Crippen molar-refractivity contribution in [2.45, 2.75) is 0 Å². The number of hydrogen-bond donors (Lipinski definition) is 2. The van der Waals surface area contributed by atoms with Crippen LogP contribution in [0.1, 0.15) is 0 Å².